The van der Waals surface area contributed by atoms with Crippen molar-refractivity contribution >= 4 is 5.91 Å². The summed E-state index contributed by atoms with van der Waals surface area (Å²) in [5.41, 5.74) is 0.397. The van der Waals surface area contributed by atoms with Crippen LogP contribution in [0.15, 0.2) is 41.0 Å². The van der Waals surface area contributed by atoms with Crippen LogP contribution in [-0.2, 0) is 6.42 Å². The molecule has 5 nitrogen and oxygen atoms in total. The minimum atomic E-state index is -0.233. The maximum atomic E-state index is 12.4. The maximum absolute atomic E-state index is 12.4. The van der Waals surface area contributed by atoms with Crippen LogP contribution < -0.4 is 14.8 Å². The second-order valence-corrected chi connectivity index (χ2v) is 4.70. The van der Waals surface area contributed by atoms with Crippen molar-refractivity contribution in [3.8, 4) is 11.5 Å². The standard InChI is InChI=1S/C16H19NO4/c1-11(10-12-6-5-9-21-12)17-16(18)15-13(19-2)7-4-8-14(15)20-3/h4-9,11H,10H2,1-3H3,(H,17,18)/t11-/m0/s1. The monoisotopic (exact) mass is 289 g/mol. The third kappa shape index (κ3) is 3.56. The van der Waals surface area contributed by atoms with Gasteiger partial charge in [-0.05, 0) is 31.2 Å². The van der Waals surface area contributed by atoms with Crippen LogP contribution in [0.2, 0.25) is 0 Å². The largest absolute Gasteiger partial charge is 0.496 e. The summed E-state index contributed by atoms with van der Waals surface area (Å²) in [4.78, 5) is 12.4. The SMILES string of the molecule is COc1cccc(OC)c1C(=O)N[C@@H](C)Cc1ccco1. The molecule has 2 rings (SSSR count). The van der Waals surface area contributed by atoms with Gasteiger partial charge in [-0.1, -0.05) is 6.07 Å². The van der Waals surface area contributed by atoms with E-state index in [1.54, 1.807) is 24.5 Å². The van der Waals surface area contributed by atoms with Crippen LogP contribution in [0.1, 0.15) is 23.0 Å². The van der Waals surface area contributed by atoms with Gasteiger partial charge in [0.05, 0.1) is 20.5 Å². The second-order valence-electron chi connectivity index (χ2n) is 4.70. The fourth-order valence-electron chi connectivity index (χ4n) is 2.15. The normalized spacial score (nSPS) is 11.8. The third-order valence-electron chi connectivity index (χ3n) is 3.12. The van der Waals surface area contributed by atoms with Crippen molar-refractivity contribution in [1.82, 2.24) is 5.32 Å². The Morgan fingerprint density at radius 3 is 2.38 bits per heavy atom. The van der Waals surface area contributed by atoms with Crippen molar-refractivity contribution in [3.63, 3.8) is 0 Å². The molecule has 0 aliphatic heterocycles. The number of nitrogens with one attached hydrogen (secondary N) is 1. The van der Waals surface area contributed by atoms with E-state index in [9.17, 15) is 4.79 Å². The summed E-state index contributed by atoms with van der Waals surface area (Å²) in [6.45, 7) is 1.92. The van der Waals surface area contributed by atoms with Gasteiger partial charge in [-0.15, -0.1) is 0 Å². The smallest absolute Gasteiger partial charge is 0.259 e. The third-order valence-corrected chi connectivity index (χ3v) is 3.12. The summed E-state index contributed by atoms with van der Waals surface area (Å²) in [5, 5.41) is 2.92. The molecule has 0 bridgehead atoms. The topological polar surface area (TPSA) is 60.7 Å². The minimum absolute atomic E-state index is 0.0710. The summed E-state index contributed by atoms with van der Waals surface area (Å²) >= 11 is 0. The molecular weight excluding hydrogens is 270 g/mol. The fourth-order valence-corrected chi connectivity index (χ4v) is 2.15. The first-order valence-corrected chi connectivity index (χ1v) is 6.70. The Bertz CT molecular complexity index is 570. The Morgan fingerprint density at radius 2 is 1.86 bits per heavy atom. The van der Waals surface area contributed by atoms with Crippen molar-refractivity contribution in [3.05, 3.63) is 47.9 Å². The van der Waals surface area contributed by atoms with Crippen molar-refractivity contribution in [1.29, 1.82) is 0 Å². The Kier molecular flexibility index (Phi) is 4.87. The molecule has 1 aromatic heterocycles. The first-order chi connectivity index (χ1) is 10.2. The van der Waals surface area contributed by atoms with E-state index in [1.807, 2.05) is 19.1 Å². The van der Waals surface area contributed by atoms with E-state index in [1.165, 1.54) is 14.2 Å². The van der Waals surface area contributed by atoms with E-state index < -0.39 is 0 Å². The van der Waals surface area contributed by atoms with Crippen LogP contribution in [0.25, 0.3) is 0 Å². The number of hydrogen-bond acceptors (Lipinski definition) is 4. The molecule has 0 unspecified atom stereocenters. The predicted octanol–water partition coefficient (Wildman–Crippen LogP) is 2.66. The molecule has 1 aromatic carbocycles. The number of rotatable bonds is 6. The number of furan rings is 1. The molecule has 0 spiro atoms. The number of benzene rings is 1. The van der Waals surface area contributed by atoms with Gasteiger partial charge in [0, 0.05) is 12.5 Å². The highest BCUT2D eigenvalue weighted by Crippen LogP contribution is 2.28. The van der Waals surface area contributed by atoms with Crippen LogP contribution in [0.5, 0.6) is 11.5 Å². The lowest BCUT2D eigenvalue weighted by atomic mass is 10.1. The molecule has 0 saturated carbocycles. The van der Waals surface area contributed by atoms with E-state index in [4.69, 9.17) is 13.9 Å². The highest BCUT2D eigenvalue weighted by atomic mass is 16.5. The van der Waals surface area contributed by atoms with Gasteiger partial charge in [-0.2, -0.15) is 0 Å². The quantitative estimate of drug-likeness (QED) is 0.888. The highest BCUT2D eigenvalue weighted by Gasteiger charge is 2.20. The first-order valence-electron chi connectivity index (χ1n) is 6.70. The lowest BCUT2D eigenvalue weighted by Crippen LogP contribution is -2.34. The molecule has 0 aliphatic carbocycles. The van der Waals surface area contributed by atoms with E-state index in [-0.39, 0.29) is 11.9 Å². The first kappa shape index (κ1) is 15.0. The molecule has 5 heteroatoms. The molecule has 2 aromatic rings. The van der Waals surface area contributed by atoms with Gasteiger partial charge >= 0.3 is 0 Å². The number of carbonyl (C=O) groups excluding carboxylic acids is 1. The molecule has 0 saturated heterocycles. The van der Waals surface area contributed by atoms with Gasteiger partial charge < -0.3 is 19.2 Å². The minimum Gasteiger partial charge on any atom is -0.496 e. The zero-order valence-electron chi connectivity index (χ0n) is 12.4. The average Bonchev–Trinajstić information content (AvgIpc) is 2.98. The van der Waals surface area contributed by atoms with Crippen molar-refractivity contribution in [2.24, 2.45) is 0 Å². The van der Waals surface area contributed by atoms with E-state index in [0.29, 0.717) is 23.5 Å². The molecule has 112 valence electrons. The molecule has 0 fully saturated rings. The zero-order chi connectivity index (χ0) is 15.2. The van der Waals surface area contributed by atoms with Gasteiger partial charge in [0.15, 0.2) is 0 Å². The summed E-state index contributed by atoms with van der Waals surface area (Å²) < 4.78 is 15.8. The summed E-state index contributed by atoms with van der Waals surface area (Å²) in [6.07, 6.45) is 2.24. The predicted molar refractivity (Wildman–Crippen MR) is 78.9 cm³/mol. The van der Waals surface area contributed by atoms with Crippen LogP contribution in [-0.4, -0.2) is 26.2 Å². The van der Waals surface area contributed by atoms with Crippen LogP contribution in [0.3, 0.4) is 0 Å². The molecule has 21 heavy (non-hydrogen) atoms. The Labute approximate surface area is 123 Å². The lowest BCUT2D eigenvalue weighted by Gasteiger charge is -2.16. The van der Waals surface area contributed by atoms with Crippen molar-refractivity contribution in [2.75, 3.05) is 14.2 Å². The molecule has 0 aliphatic rings. The second kappa shape index (κ2) is 6.83. The number of hydrogen-bond donors (Lipinski definition) is 1. The number of ether oxygens (including phenoxy) is 2. The van der Waals surface area contributed by atoms with Crippen LogP contribution >= 0.6 is 0 Å². The maximum Gasteiger partial charge on any atom is 0.259 e. The summed E-state index contributed by atoms with van der Waals surface area (Å²) in [5.74, 6) is 1.56. The van der Waals surface area contributed by atoms with Crippen LogP contribution in [0, 0.1) is 0 Å². The molecule has 1 N–H and O–H groups in total. The lowest BCUT2D eigenvalue weighted by molar-refractivity contribution is 0.0933. The Morgan fingerprint density at radius 1 is 1.19 bits per heavy atom. The zero-order valence-corrected chi connectivity index (χ0v) is 12.4. The van der Waals surface area contributed by atoms with Gasteiger partial charge in [0.2, 0.25) is 0 Å². The average molecular weight is 289 g/mol. The number of methoxy groups -OCH3 is 2. The fraction of sp³-hybridized carbons (Fsp3) is 0.312. The summed E-state index contributed by atoms with van der Waals surface area (Å²) in [6, 6.07) is 8.88. The van der Waals surface area contributed by atoms with Gasteiger partial charge in [-0.25, -0.2) is 0 Å². The molecule has 0 radical (unpaired) electrons. The van der Waals surface area contributed by atoms with Crippen LogP contribution in [0.4, 0.5) is 0 Å². The van der Waals surface area contributed by atoms with E-state index in [0.717, 1.165) is 5.76 Å². The van der Waals surface area contributed by atoms with Crippen molar-refractivity contribution in [2.45, 2.75) is 19.4 Å². The Balaban J connectivity index is 2.12. The number of amides is 1. The Hall–Kier alpha value is -2.43. The van der Waals surface area contributed by atoms with Crippen molar-refractivity contribution < 1.29 is 18.7 Å². The van der Waals surface area contributed by atoms with E-state index >= 15 is 0 Å². The van der Waals surface area contributed by atoms with E-state index in [2.05, 4.69) is 5.32 Å². The van der Waals surface area contributed by atoms with Gasteiger partial charge in [0.1, 0.15) is 22.8 Å². The molecule has 1 heterocycles. The van der Waals surface area contributed by atoms with Gasteiger partial charge in [-0.3, -0.25) is 4.79 Å². The highest BCUT2D eigenvalue weighted by molar-refractivity contribution is 5.99. The summed E-state index contributed by atoms with van der Waals surface area (Å²) in [7, 11) is 3.05. The number of carbonyl (C=O) groups is 1. The van der Waals surface area contributed by atoms with Gasteiger partial charge in [0.25, 0.3) is 5.91 Å². The molecule has 1 atom stereocenters. The molecular formula is C16H19NO4. The molecule has 1 amide bonds.